The summed E-state index contributed by atoms with van der Waals surface area (Å²) in [6.45, 7) is 0. The lowest BCUT2D eigenvalue weighted by Gasteiger charge is -2.14. The minimum atomic E-state index is -2.88. The topological polar surface area (TPSA) is 105 Å². The van der Waals surface area contributed by atoms with Gasteiger partial charge in [0.15, 0.2) is 22.2 Å². The van der Waals surface area contributed by atoms with E-state index in [9.17, 15) is 8.42 Å². The van der Waals surface area contributed by atoms with Gasteiger partial charge in [0.1, 0.15) is 16.4 Å². The molecule has 0 unspecified atom stereocenters. The minimum Gasteiger partial charge on any atom is -0.453 e. The van der Waals surface area contributed by atoms with Gasteiger partial charge in [-0.25, -0.2) is 8.42 Å². The molecule has 0 bridgehead atoms. The van der Waals surface area contributed by atoms with Crippen molar-refractivity contribution in [2.75, 3.05) is 11.5 Å². The van der Waals surface area contributed by atoms with Crippen molar-refractivity contribution < 1.29 is 17.9 Å². The van der Waals surface area contributed by atoms with E-state index in [0.717, 1.165) is 0 Å². The summed E-state index contributed by atoms with van der Waals surface area (Å²) in [7, 11) is -2.88. The van der Waals surface area contributed by atoms with Crippen molar-refractivity contribution in [1.82, 2.24) is 0 Å². The summed E-state index contributed by atoms with van der Waals surface area (Å²) in [6, 6.07) is 18.1. The number of hydrogen-bond acceptors (Lipinski definition) is 6. The zero-order valence-corrected chi connectivity index (χ0v) is 14.0. The van der Waals surface area contributed by atoms with Crippen molar-refractivity contribution in [3.8, 4) is 23.0 Å². The van der Waals surface area contributed by atoms with Crippen LogP contribution in [0.4, 0.5) is 11.4 Å². The second-order valence-corrected chi connectivity index (χ2v) is 6.21. The van der Waals surface area contributed by atoms with Gasteiger partial charge in [-0.1, -0.05) is 18.2 Å². The highest BCUT2D eigenvalue weighted by molar-refractivity contribution is 7.72. The Labute approximate surface area is 146 Å². The average molecular weight is 356 g/mol. The van der Waals surface area contributed by atoms with Gasteiger partial charge in [0.2, 0.25) is 0 Å². The smallest absolute Gasteiger partial charge is 0.188 e. The quantitative estimate of drug-likeness (QED) is 0.478. The number of benzene rings is 3. The van der Waals surface area contributed by atoms with Crippen LogP contribution in [0.25, 0.3) is 0 Å². The SMILES string of the molecule is Nc1cccc(Oc2cccc([SH](=O)=O)c2Oc2cccc(N)c2)c1. The molecule has 6 nitrogen and oxygen atoms in total. The van der Waals surface area contributed by atoms with E-state index in [4.69, 9.17) is 20.9 Å². The molecule has 0 aromatic heterocycles. The maximum Gasteiger partial charge on any atom is 0.188 e. The van der Waals surface area contributed by atoms with Crippen molar-refractivity contribution in [3.63, 3.8) is 0 Å². The number of rotatable bonds is 5. The van der Waals surface area contributed by atoms with Crippen LogP contribution >= 0.6 is 0 Å². The third kappa shape index (κ3) is 4.02. The first-order valence-corrected chi connectivity index (χ1v) is 8.55. The number of nitrogens with two attached hydrogens (primary N) is 2. The fraction of sp³-hybridized carbons (Fsp3) is 0. The van der Waals surface area contributed by atoms with Gasteiger partial charge in [0, 0.05) is 23.5 Å². The Bertz CT molecular complexity index is 978. The molecule has 0 heterocycles. The third-order valence-electron chi connectivity index (χ3n) is 3.32. The maximum absolute atomic E-state index is 11.6. The van der Waals surface area contributed by atoms with Crippen molar-refractivity contribution in [1.29, 1.82) is 0 Å². The molecule has 3 aromatic carbocycles. The third-order valence-corrected chi connectivity index (χ3v) is 4.06. The van der Waals surface area contributed by atoms with Crippen molar-refractivity contribution in [2.24, 2.45) is 0 Å². The molecule has 0 saturated carbocycles. The molecular weight excluding hydrogens is 340 g/mol. The number of anilines is 2. The molecule has 0 aliphatic carbocycles. The molecule has 0 amide bonds. The normalized spacial score (nSPS) is 10.6. The van der Waals surface area contributed by atoms with Crippen LogP contribution in [0.2, 0.25) is 0 Å². The first-order valence-electron chi connectivity index (χ1n) is 7.37. The largest absolute Gasteiger partial charge is 0.453 e. The van der Waals surface area contributed by atoms with Crippen molar-refractivity contribution >= 4 is 22.1 Å². The number of ether oxygens (including phenoxy) is 2. The standard InChI is InChI=1S/C18H16N2O4S/c19-12-4-1-6-14(10-12)23-16-8-3-9-17(25(21)22)18(16)24-15-7-2-5-13(20)11-15/h1-11,25H,19-20H2. The molecule has 128 valence electrons. The van der Waals surface area contributed by atoms with Crippen LogP contribution in [0.1, 0.15) is 0 Å². The van der Waals surface area contributed by atoms with Crippen LogP contribution in [0.3, 0.4) is 0 Å². The first-order chi connectivity index (χ1) is 12.0. The number of nitrogen functional groups attached to an aromatic ring is 2. The van der Waals surface area contributed by atoms with E-state index in [1.54, 1.807) is 60.7 Å². The summed E-state index contributed by atoms with van der Waals surface area (Å²) in [5.74, 6) is 1.22. The number of para-hydroxylation sites is 1. The predicted octanol–water partition coefficient (Wildman–Crippen LogP) is 3.41. The summed E-state index contributed by atoms with van der Waals surface area (Å²) in [4.78, 5) is 0.0128. The number of thiol groups is 1. The second kappa shape index (κ2) is 7.14. The van der Waals surface area contributed by atoms with Gasteiger partial charge in [0.05, 0.1) is 0 Å². The molecule has 0 spiro atoms. The summed E-state index contributed by atoms with van der Waals surface area (Å²) in [5.41, 5.74) is 12.5. The highest BCUT2D eigenvalue weighted by Crippen LogP contribution is 2.39. The fourth-order valence-electron chi connectivity index (χ4n) is 2.23. The average Bonchev–Trinajstić information content (AvgIpc) is 2.56. The highest BCUT2D eigenvalue weighted by atomic mass is 32.2. The first kappa shape index (κ1) is 16.7. The van der Waals surface area contributed by atoms with Crippen molar-refractivity contribution in [2.45, 2.75) is 4.90 Å². The highest BCUT2D eigenvalue weighted by Gasteiger charge is 2.15. The molecule has 0 aliphatic heterocycles. The molecule has 0 saturated heterocycles. The van der Waals surface area contributed by atoms with Gasteiger partial charge >= 0.3 is 0 Å². The molecule has 4 N–H and O–H groups in total. The van der Waals surface area contributed by atoms with Crippen LogP contribution in [-0.2, 0) is 10.7 Å². The van der Waals surface area contributed by atoms with Crippen LogP contribution in [0.15, 0.2) is 71.6 Å². The van der Waals surface area contributed by atoms with Gasteiger partial charge in [-0.3, -0.25) is 0 Å². The van der Waals surface area contributed by atoms with Gasteiger partial charge in [0.25, 0.3) is 0 Å². The lowest BCUT2D eigenvalue weighted by atomic mass is 10.2. The van der Waals surface area contributed by atoms with Crippen LogP contribution in [0.5, 0.6) is 23.0 Å². The van der Waals surface area contributed by atoms with Crippen LogP contribution in [0, 0.1) is 0 Å². The summed E-state index contributed by atoms with van der Waals surface area (Å²) >= 11 is 0. The maximum atomic E-state index is 11.6. The monoisotopic (exact) mass is 356 g/mol. The Kier molecular flexibility index (Phi) is 4.76. The number of hydrogen-bond donors (Lipinski definition) is 3. The van der Waals surface area contributed by atoms with E-state index in [0.29, 0.717) is 22.9 Å². The Morgan fingerprint density at radius 3 is 1.84 bits per heavy atom. The van der Waals surface area contributed by atoms with E-state index in [1.807, 2.05) is 0 Å². The zero-order chi connectivity index (χ0) is 17.8. The Morgan fingerprint density at radius 2 is 1.28 bits per heavy atom. The molecule has 0 fully saturated rings. The van der Waals surface area contributed by atoms with Gasteiger partial charge in [-0.05, 0) is 36.4 Å². The Balaban J connectivity index is 2.04. The van der Waals surface area contributed by atoms with Crippen molar-refractivity contribution in [3.05, 3.63) is 66.7 Å². The van der Waals surface area contributed by atoms with Crippen LogP contribution < -0.4 is 20.9 Å². The zero-order valence-electron chi connectivity index (χ0n) is 13.1. The van der Waals surface area contributed by atoms with Gasteiger partial charge in [-0.15, -0.1) is 0 Å². The van der Waals surface area contributed by atoms with Crippen LogP contribution in [-0.4, -0.2) is 8.42 Å². The molecule has 0 radical (unpaired) electrons. The van der Waals surface area contributed by atoms with E-state index >= 15 is 0 Å². The van der Waals surface area contributed by atoms with Gasteiger partial charge in [-0.2, -0.15) is 0 Å². The van der Waals surface area contributed by atoms with E-state index in [1.165, 1.54) is 6.07 Å². The Morgan fingerprint density at radius 1 is 0.720 bits per heavy atom. The molecule has 25 heavy (non-hydrogen) atoms. The molecule has 0 aliphatic rings. The Hall–Kier alpha value is -3.19. The molecule has 3 rings (SSSR count). The molecular formula is C18H16N2O4S. The molecule has 7 heteroatoms. The summed E-state index contributed by atoms with van der Waals surface area (Å²) < 4.78 is 34.7. The lowest BCUT2D eigenvalue weighted by molar-refractivity contribution is 0.409. The lowest BCUT2D eigenvalue weighted by Crippen LogP contribution is -1.96. The second-order valence-electron chi connectivity index (χ2n) is 5.21. The fourth-order valence-corrected chi connectivity index (χ4v) is 2.76. The van der Waals surface area contributed by atoms with E-state index in [-0.39, 0.29) is 16.4 Å². The van der Waals surface area contributed by atoms with E-state index < -0.39 is 10.7 Å². The molecule has 3 aromatic rings. The summed E-state index contributed by atoms with van der Waals surface area (Å²) in [5, 5.41) is 0. The predicted molar refractivity (Wildman–Crippen MR) is 96.9 cm³/mol. The summed E-state index contributed by atoms with van der Waals surface area (Å²) in [6.07, 6.45) is 0. The van der Waals surface area contributed by atoms with Gasteiger partial charge < -0.3 is 20.9 Å². The molecule has 0 atom stereocenters. The minimum absolute atomic E-state index is 0.0128. The van der Waals surface area contributed by atoms with E-state index in [2.05, 4.69) is 0 Å².